The van der Waals surface area contributed by atoms with Crippen molar-refractivity contribution in [2.75, 3.05) is 13.7 Å². The number of likely N-dealkylation sites (N-methyl/N-ethyl adjacent to an activating group) is 1. The Bertz CT molecular complexity index is 698. The molecule has 2 rings (SSSR count). The summed E-state index contributed by atoms with van der Waals surface area (Å²) in [5.74, 6) is -0.108. The number of halogens is 3. The number of rotatable bonds is 7. The molecule has 1 unspecified atom stereocenters. The molecule has 0 radical (unpaired) electrons. The molecule has 25 heavy (non-hydrogen) atoms. The number of ether oxygens (including phenoxy) is 1. The van der Waals surface area contributed by atoms with E-state index in [4.69, 9.17) is 0 Å². The Morgan fingerprint density at radius 3 is 2.52 bits per heavy atom. The third-order valence-corrected chi connectivity index (χ3v) is 3.40. The van der Waals surface area contributed by atoms with E-state index in [-0.39, 0.29) is 18.2 Å². The number of carbonyl (C=O) groups is 1. The van der Waals surface area contributed by atoms with Crippen molar-refractivity contribution in [1.82, 2.24) is 20.4 Å². The molecule has 136 valence electrons. The average Bonchev–Trinajstić information content (AvgIpc) is 2.98. The summed E-state index contributed by atoms with van der Waals surface area (Å²) in [5.41, 5.74) is 1.48. The lowest BCUT2D eigenvalue weighted by atomic mass is 10.1. The Labute approximate surface area is 143 Å². The van der Waals surface area contributed by atoms with Crippen molar-refractivity contribution in [3.63, 3.8) is 0 Å². The summed E-state index contributed by atoms with van der Waals surface area (Å²) >= 11 is 0. The molecule has 0 aliphatic heterocycles. The monoisotopic (exact) mass is 356 g/mol. The quantitative estimate of drug-likeness (QED) is 0.796. The molecule has 0 saturated carbocycles. The lowest BCUT2D eigenvalue weighted by Gasteiger charge is -2.15. The van der Waals surface area contributed by atoms with Crippen molar-refractivity contribution in [2.24, 2.45) is 7.05 Å². The molecule has 0 aliphatic rings. The lowest BCUT2D eigenvalue weighted by Crippen LogP contribution is -2.35. The van der Waals surface area contributed by atoms with Crippen molar-refractivity contribution >= 4 is 5.91 Å². The fraction of sp³-hybridized carbons (Fsp3) is 0.375. The second-order valence-corrected chi connectivity index (χ2v) is 5.43. The van der Waals surface area contributed by atoms with Gasteiger partial charge in [0.25, 0.3) is 0 Å². The second kappa shape index (κ2) is 8.02. The topological polar surface area (TPSA) is 68.2 Å². The van der Waals surface area contributed by atoms with Gasteiger partial charge in [-0.1, -0.05) is 12.1 Å². The number of hydrogen-bond donors (Lipinski definition) is 2. The molecule has 0 bridgehead atoms. The highest BCUT2D eigenvalue weighted by Crippen LogP contribution is 2.19. The molecule has 1 heterocycles. The summed E-state index contributed by atoms with van der Waals surface area (Å²) < 4.78 is 42.5. The molecule has 0 aliphatic carbocycles. The number of hydrogen-bond acceptors (Lipinski definition) is 4. The number of amides is 1. The van der Waals surface area contributed by atoms with Gasteiger partial charge in [0.2, 0.25) is 5.91 Å². The zero-order valence-electron chi connectivity index (χ0n) is 13.8. The predicted molar refractivity (Wildman–Crippen MR) is 84.8 cm³/mol. The fourth-order valence-electron chi connectivity index (χ4n) is 2.20. The van der Waals surface area contributed by atoms with Crippen LogP contribution in [0.25, 0.3) is 0 Å². The van der Waals surface area contributed by atoms with Crippen LogP contribution in [0.3, 0.4) is 0 Å². The number of benzene rings is 1. The van der Waals surface area contributed by atoms with Gasteiger partial charge >= 0.3 is 6.18 Å². The van der Waals surface area contributed by atoms with Crippen molar-refractivity contribution in [3.8, 4) is 5.75 Å². The van der Waals surface area contributed by atoms with Crippen LogP contribution in [0, 0.1) is 0 Å². The van der Waals surface area contributed by atoms with Crippen molar-refractivity contribution < 1.29 is 22.7 Å². The van der Waals surface area contributed by atoms with Crippen molar-refractivity contribution in [1.29, 1.82) is 0 Å². The smallest absolute Gasteiger partial charge is 0.422 e. The molecule has 6 nitrogen and oxygen atoms in total. The van der Waals surface area contributed by atoms with Gasteiger partial charge in [-0.2, -0.15) is 18.3 Å². The van der Waals surface area contributed by atoms with Gasteiger partial charge in [0, 0.05) is 25.4 Å². The minimum atomic E-state index is -4.37. The highest BCUT2D eigenvalue weighted by molar-refractivity contribution is 5.83. The third-order valence-electron chi connectivity index (χ3n) is 3.40. The molecule has 9 heteroatoms. The number of aromatic nitrogens is 2. The Morgan fingerprint density at radius 1 is 1.32 bits per heavy atom. The molecule has 1 aromatic heterocycles. The normalized spacial score (nSPS) is 12.7. The molecular weight excluding hydrogens is 337 g/mol. The summed E-state index contributed by atoms with van der Waals surface area (Å²) in [6.07, 6.45) is -1.03. The molecule has 1 amide bonds. The molecule has 1 aromatic carbocycles. The van der Waals surface area contributed by atoms with Gasteiger partial charge in [0.15, 0.2) is 6.61 Å². The molecule has 1 atom stereocenters. The standard InChI is InChI=1S/C16H19F3N4O2/c1-20-14(12-8-22-23(2)9-12)15(24)21-7-11-3-5-13(6-4-11)25-10-16(17,18)19/h3-6,8-9,14,20H,7,10H2,1-2H3,(H,21,24). The Hall–Kier alpha value is -2.55. The fourth-order valence-corrected chi connectivity index (χ4v) is 2.20. The maximum Gasteiger partial charge on any atom is 0.422 e. The minimum absolute atomic E-state index is 0.121. The van der Waals surface area contributed by atoms with Gasteiger partial charge < -0.3 is 15.4 Å². The molecule has 0 fully saturated rings. The first-order valence-corrected chi connectivity index (χ1v) is 7.50. The van der Waals surface area contributed by atoms with E-state index in [1.807, 2.05) is 0 Å². The van der Waals surface area contributed by atoms with E-state index in [0.717, 1.165) is 11.1 Å². The molecule has 2 aromatic rings. The zero-order chi connectivity index (χ0) is 18.4. The SMILES string of the molecule is CNC(C(=O)NCc1ccc(OCC(F)(F)F)cc1)c1cnn(C)c1. The molecule has 0 spiro atoms. The van der Waals surface area contributed by atoms with Crippen LogP contribution in [0.1, 0.15) is 17.2 Å². The highest BCUT2D eigenvalue weighted by Gasteiger charge is 2.28. The van der Waals surface area contributed by atoms with Crippen molar-refractivity contribution in [2.45, 2.75) is 18.8 Å². The zero-order valence-corrected chi connectivity index (χ0v) is 13.8. The van der Waals surface area contributed by atoms with Crippen LogP contribution in [-0.4, -0.2) is 35.5 Å². The van der Waals surface area contributed by atoms with Crippen LogP contribution in [-0.2, 0) is 18.4 Å². The highest BCUT2D eigenvalue weighted by atomic mass is 19.4. The number of alkyl halides is 3. The first kappa shape index (κ1) is 18.8. The second-order valence-electron chi connectivity index (χ2n) is 5.43. The van der Waals surface area contributed by atoms with Crippen LogP contribution in [0.2, 0.25) is 0 Å². The molecule has 0 saturated heterocycles. The van der Waals surface area contributed by atoms with Crippen LogP contribution in [0.5, 0.6) is 5.75 Å². The summed E-state index contributed by atoms with van der Waals surface area (Å²) in [6.45, 7) is -1.09. The summed E-state index contributed by atoms with van der Waals surface area (Å²) in [5, 5.41) is 9.72. The predicted octanol–water partition coefficient (Wildman–Crippen LogP) is 1.94. The Morgan fingerprint density at radius 2 is 2.00 bits per heavy atom. The van der Waals surface area contributed by atoms with E-state index in [1.54, 1.807) is 43.3 Å². The first-order valence-electron chi connectivity index (χ1n) is 7.50. The van der Waals surface area contributed by atoms with E-state index in [0.29, 0.717) is 0 Å². The van der Waals surface area contributed by atoms with E-state index >= 15 is 0 Å². The lowest BCUT2D eigenvalue weighted by molar-refractivity contribution is -0.153. The summed E-state index contributed by atoms with van der Waals surface area (Å²) in [7, 11) is 3.43. The maximum atomic E-state index is 12.3. The molecular formula is C16H19F3N4O2. The third kappa shape index (κ3) is 5.79. The maximum absolute atomic E-state index is 12.3. The van der Waals surface area contributed by atoms with Gasteiger partial charge in [0.05, 0.1) is 6.20 Å². The van der Waals surface area contributed by atoms with E-state index in [2.05, 4.69) is 20.5 Å². The average molecular weight is 356 g/mol. The number of aryl methyl sites for hydroxylation is 1. The summed E-state index contributed by atoms with van der Waals surface area (Å²) in [4.78, 5) is 12.3. The van der Waals surface area contributed by atoms with Gasteiger partial charge in [0.1, 0.15) is 11.8 Å². The van der Waals surface area contributed by atoms with Gasteiger partial charge in [-0.3, -0.25) is 9.48 Å². The number of nitrogens with zero attached hydrogens (tertiary/aromatic N) is 2. The van der Waals surface area contributed by atoms with E-state index in [9.17, 15) is 18.0 Å². The van der Waals surface area contributed by atoms with E-state index < -0.39 is 18.8 Å². The van der Waals surface area contributed by atoms with Crippen LogP contribution >= 0.6 is 0 Å². The molecule has 2 N–H and O–H groups in total. The van der Waals surface area contributed by atoms with Crippen molar-refractivity contribution in [3.05, 3.63) is 47.8 Å². The Balaban J connectivity index is 1.88. The number of nitrogens with one attached hydrogen (secondary N) is 2. The summed E-state index contributed by atoms with van der Waals surface area (Å²) in [6, 6.07) is 5.53. The minimum Gasteiger partial charge on any atom is -0.484 e. The van der Waals surface area contributed by atoms with Crippen LogP contribution in [0.15, 0.2) is 36.7 Å². The Kier molecular flexibility index (Phi) is 6.02. The number of carbonyl (C=O) groups excluding carboxylic acids is 1. The van der Waals surface area contributed by atoms with Gasteiger partial charge in [-0.25, -0.2) is 0 Å². The van der Waals surface area contributed by atoms with Gasteiger partial charge in [-0.15, -0.1) is 0 Å². The first-order chi connectivity index (χ1) is 11.8. The largest absolute Gasteiger partial charge is 0.484 e. The van der Waals surface area contributed by atoms with E-state index in [1.165, 1.54) is 12.1 Å². The van der Waals surface area contributed by atoms with Crippen LogP contribution in [0.4, 0.5) is 13.2 Å². The van der Waals surface area contributed by atoms with Crippen LogP contribution < -0.4 is 15.4 Å². The van der Waals surface area contributed by atoms with Gasteiger partial charge in [-0.05, 0) is 24.7 Å².